The number of carbonyl (C=O) groups is 1. The van der Waals surface area contributed by atoms with Gasteiger partial charge in [0.15, 0.2) is 5.78 Å². The second kappa shape index (κ2) is 7.08. The highest BCUT2D eigenvalue weighted by Crippen LogP contribution is 2.15. The van der Waals surface area contributed by atoms with Crippen molar-refractivity contribution < 1.29 is 14.6 Å². The van der Waals surface area contributed by atoms with Crippen molar-refractivity contribution in [2.75, 3.05) is 12.5 Å². The number of aliphatic hydroxyl groups excluding tert-OH is 1. The molecule has 0 unspecified atom stereocenters. The summed E-state index contributed by atoms with van der Waals surface area (Å²) in [6.45, 7) is 0.134. The lowest BCUT2D eigenvalue weighted by Crippen LogP contribution is -2.18. The Hall–Kier alpha value is -1.84. The molecule has 0 saturated carbocycles. The predicted molar refractivity (Wildman–Crippen MR) is 78.5 cm³/mol. The summed E-state index contributed by atoms with van der Waals surface area (Å²) < 4.78 is 5.35. The number of ketones is 1. The van der Waals surface area contributed by atoms with Crippen molar-refractivity contribution in [1.29, 1.82) is 0 Å². The van der Waals surface area contributed by atoms with Gasteiger partial charge in [-0.05, 0) is 24.3 Å². The summed E-state index contributed by atoms with van der Waals surface area (Å²) in [5.41, 5.74) is 1.25. The Morgan fingerprint density at radius 1 is 1.05 bits per heavy atom. The second-order valence-corrected chi connectivity index (χ2v) is 4.65. The van der Waals surface area contributed by atoms with Gasteiger partial charge >= 0.3 is 0 Å². The highest BCUT2D eigenvalue weighted by molar-refractivity contribution is 6.18. The summed E-state index contributed by atoms with van der Waals surface area (Å²) in [4.78, 5) is 12.2. The Morgan fingerprint density at radius 2 is 1.65 bits per heavy atom. The van der Waals surface area contributed by atoms with Crippen molar-refractivity contribution in [1.82, 2.24) is 0 Å². The van der Waals surface area contributed by atoms with Crippen molar-refractivity contribution in [2.45, 2.75) is 6.10 Å². The molecule has 0 aliphatic carbocycles. The summed E-state index contributed by atoms with van der Waals surface area (Å²) >= 11 is 5.48. The zero-order valence-corrected chi connectivity index (χ0v) is 11.6. The van der Waals surface area contributed by atoms with E-state index in [1.807, 2.05) is 18.2 Å². The third-order valence-electron chi connectivity index (χ3n) is 2.77. The van der Waals surface area contributed by atoms with Crippen LogP contribution in [0.4, 0.5) is 0 Å². The molecule has 0 radical (unpaired) electrons. The lowest BCUT2D eigenvalue weighted by molar-refractivity contribution is 0.103. The molecule has 20 heavy (non-hydrogen) atoms. The SMILES string of the molecule is O=C(c1ccccc1)c1ccc(OC[C@@H](O)CCl)cc1. The van der Waals surface area contributed by atoms with Gasteiger partial charge in [-0.25, -0.2) is 0 Å². The molecule has 1 atom stereocenters. The zero-order valence-electron chi connectivity index (χ0n) is 10.8. The monoisotopic (exact) mass is 290 g/mol. The van der Waals surface area contributed by atoms with Gasteiger partial charge in [-0.1, -0.05) is 30.3 Å². The quantitative estimate of drug-likeness (QED) is 0.657. The van der Waals surface area contributed by atoms with Crippen LogP contribution in [0, 0.1) is 0 Å². The molecule has 4 heteroatoms. The minimum absolute atomic E-state index is 0.0297. The normalized spacial score (nSPS) is 11.9. The van der Waals surface area contributed by atoms with Gasteiger partial charge < -0.3 is 9.84 Å². The Balaban J connectivity index is 2.03. The molecule has 2 aromatic rings. The Labute approximate surface area is 122 Å². The van der Waals surface area contributed by atoms with Crippen LogP contribution in [0.3, 0.4) is 0 Å². The van der Waals surface area contributed by atoms with Crippen molar-refractivity contribution >= 4 is 17.4 Å². The molecular formula is C16H15ClO3. The van der Waals surface area contributed by atoms with E-state index in [0.717, 1.165) is 0 Å². The van der Waals surface area contributed by atoms with Gasteiger partial charge in [-0.3, -0.25) is 4.79 Å². The van der Waals surface area contributed by atoms with Crippen molar-refractivity contribution in [3.8, 4) is 5.75 Å². The van der Waals surface area contributed by atoms with Crippen LogP contribution in [0.15, 0.2) is 54.6 Å². The van der Waals surface area contributed by atoms with E-state index < -0.39 is 6.10 Å². The molecule has 2 rings (SSSR count). The third-order valence-corrected chi connectivity index (χ3v) is 3.13. The van der Waals surface area contributed by atoms with E-state index in [1.54, 1.807) is 36.4 Å². The molecule has 0 bridgehead atoms. The van der Waals surface area contributed by atoms with Crippen LogP contribution in [0.1, 0.15) is 15.9 Å². The molecule has 0 fully saturated rings. The molecule has 0 heterocycles. The third kappa shape index (κ3) is 3.83. The molecule has 1 N–H and O–H groups in total. The zero-order chi connectivity index (χ0) is 14.4. The van der Waals surface area contributed by atoms with Crippen molar-refractivity contribution in [2.24, 2.45) is 0 Å². The number of ether oxygens (including phenoxy) is 1. The first-order chi connectivity index (χ1) is 9.70. The molecule has 0 spiro atoms. The van der Waals surface area contributed by atoms with Crippen LogP contribution in [-0.2, 0) is 0 Å². The number of alkyl halides is 1. The van der Waals surface area contributed by atoms with Gasteiger partial charge in [0, 0.05) is 11.1 Å². The molecule has 3 nitrogen and oxygen atoms in total. The fourth-order valence-electron chi connectivity index (χ4n) is 1.70. The fourth-order valence-corrected chi connectivity index (χ4v) is 1.78. The van der Waals surface area contributed by atoms with Crippen LogP contribution in [0.5, 0.6) is 5.75 Å². The molecule has 2 aromatic carbocycles. The van der Waals surface area contributed by atoms with Crippen LogP contribution in [0.25, 0.3) is 0 Å². The lowest BCUT2D eigenvalue weighted by Gasteiger charge is -2.09. The van der Waals surface area contributed by atoms with Crippen molar-refractivity contribution in [3.05, 3.63) is 65.7 Å². The molecule has 0 aliphatic heterocycles. The van der Waals surface area contributed by atoms with Gasteiger partial charge in [0.05, 0.1) is 5.88 Å². The number of aliphatic hydroxyl groups is 1. The summed E-state index contributed by atoms with van der Waals surface area (Å²) in [6.07, 6.45) is -0.692. The van der Waals surface area contributed by atoms with E-state index in [9.17, 15) is 9.90 Å². The van der Waals surface area contributed by atoms with Gasteiger partial charge in [-0.2, -0.15) is 0 Å². The second-order valence-electron chi connectivity index (χ2n) is 4.34. The first-order valence-corrected chi connectivity index (χ1v) is 6.81. The van der Waals surface area contributed by atoms with E-state index in [0.29, 0.717) is 16.9 Å². The minimum Gasteiger partial charge on any atom is -0.491 e. The average Bonchev–Trinajstić information content (AvgIpc) is 2.53. The molecule has 0 aliphatic rings. The largest absolute Gasteiger partial charge is 0.491 e. The number of hydrogen-bond acceptors (Lipinski definition) is 3. The maximum atomic E-state index is 12.2. The fraction of sp³-hybridized carbons (Fsp3) is 0.188. The number of benzene rings is 2. The number of hydrogen-bond donors (Lipinski definition) is 1. The first kappa shape index (κ1) is 14.6. The topological polar surface area (TPSA) is 46.5 Å². The van der Waals surface area contributed by atoms with Crippen LogP contribution in [0.2, 0.25) is 0 Å². The summed E-state index contributed by atoms with van der Waals surface area (Å²) in [6, 6.07) is 15.9. The smallest absolute Gasteiger partial charge is 0.193 e. The molecule has 0 aromatic heterocycles. The van der Waals surface area contributed by atoms with Gasteiger partial charge in [0.25, 0.3) is 0 Å². The molecule has 104 valence electrons. The standard InChI is InChI=1S/C16H15ClO3/c17-10-14(18)11-20-15-8-6-13(7-9-15)16(19)12-4-2-1-3-5-12/h1-9,14,18H,10-11H2/t14-/m0/s1. The lowest BCUT2D eigenvalue weighted by atomic mass is 10.0. The van der Waals surface area contributed by atoms with Crippen LogP contribution in [-0.4, -0.2) is 29.5 Å². The van der Waals surface area contributed by atoms with E-state index in [4.69, 9.17) is 16.3 Å². The van der Waals surface area contributed by atoms with E-state index in [2.05, 4.69) is 0 Å². The Morgan fingerprint density at radius 3 is 2.25 bits per heavy atom. The maximum Gasteiger partial charge on any atom is 0.193 e. The highest BCUT2D eigenvalue weighted by Gasteiger charge is 2.09. The molecular weight excluding hydrogens is 276 g/mol. The van der Waals surface area contributed by atoms with Crippen LogP contribution < -0.4 is 4.74 Å². The van der Waals surface area contributed by atoms with Gasteiger partial charge in [-0.15, -0.1) is 11.6 Å². The first-order valence-electron chi connectivity index (χ1n) is 6.27. The summed E-state index contributed by atoms with van der Waals surface area (Å²) in [5, 5.41) is 9.30. The van der Waals surface area contributed by atoms with Crippen molar-refractivity contribution in [3.63, 3.8) is 0 Å². The maximum absolute atomic E-state index is 12.2. The van der Waals surface area contributed by atoms with Crippen LogP contribution >= 0.6 is 11.6 Å². The predicted octanol–water partition coefficient (Wildman–Crippen LogP) is 2.90. The van der Waals surface area contributed by atoms with Gasteiger partial charge in [0.2, 0.25) is 0 Å². The number of carbonyl (C=O) groups excluding carboxylic acids is 1. The molecule has 0 saturated heterocycles. The minimum atomic E-state index is -0.692. The Bertz CT molecular complexity index is 552. The number of rotatable bonds is 6. The highest BCUT2D eigenvalue weighted by atomic mass is 35.5. The summed E-state index contributed by atoms with van der Waals surface area (Å²) in [7, 11) is 0. The van der Waals surface area contributed by atoms with E-state index in [-0.39, 0.29) is 18.3 Å². The van der Waals surface area contributed by atoms with E-state index in [1.165, 1.54) is 0 Å². The number of halogens is 1. The van der Waals surface area contributed by atoms with Gasteiger partial charge in [0.1, 0.15) is 18.5 Å². The average molecular weight is 291 g/mol. The Kier molecular flexibility index (Phi) is 5.16. The summed E-state index contributed by atoms with van der Waals surface area (Å²) in [5.74, 6) is 0.696. The van der Waals surface area contributed by atoms with E-state index >= 15 is 0 Å². The molecule has 0 amide bonds.